The normalized spacial score (nSPS) is 18.0. The minimum absolute atomic E-state index is 0.100. The van der Waals surface area contributed by atoms with Gasteiger partial charge in [0.05, 0.1) is 35.3 Å². The molecule has 8 heteroatoms. The molecule has 1 aromatic heterocycles. The largest absolute Gasteiger partial charge is 0.462 e. The summed E-state index contributed by atoms with van der Waals surface area (Å²) in [5.41, 5.74) is 2.76. The molecule has 0 N–H and O–H groups in total. The molecular weight excluding hydrogens is 408 g/mol. The van der Waals surface area contributed by atoms with Crippen LogP contribution >= 0.6 is 0 Å². The number of fused-ring (bicyclic) bond motifs is 3. The molecule has 1 unspecified atom stereocenters. The number of imide groups is 1. The van der Waals surface area contributed by atoms with E-state index in [4.69, 9.17) is 9.72 Å². The molecule has 1 fully saturated rings. The van der Waals surface area contributed by atoms with E-state index in [1.165, 1.54) is 4.90 Å². The number of rotatable bonds is 6. The van der Waals surface area contributed by atoms with Gasteiger partial charge in [-0.1, -0.05) is 25.5 Å². The summed E-state index contributed by atoms with van der Waals surface area (Å²) in [5.74, 6) is -0.205. The fourth-order valence-electron chi connectivity index (χ4n) is 4.38. The van der Waals surface area contributed by atoms with Gasteiger partial charge in [0.25, 0.3) is 5.91 Å². The number of aromatic nitrogens is 2. The lowest BCUT2D eigenvalue weighted by molar-refractivity contribution is -0.121. The van der Waals surface area contributed by atoms with Gasteiger partial charge in [0, 0.05) is 13.1 Å². The summed E-state index contributed by atoms with van der Waals surface area (Å²) in [6, 6.07) is 13.7. The maximum absolute atomic E-state index is 13.3. The Morgan fingerprint density at radius 1 is 1.09 bits per heavy atom. The van der Waals surface area contributed by atoms with Crippen molar-refractivity contribution in [2.75, 3.05) is 23.0 Å². The first-order valence-electron chi connectivity index (χ1n) is 10.9. The lowest BCUT2D eigenvalue weighted by atomic mass is 10.2. The second-order valence-electron chi connectivity index (χ2n) is 8.07. The third kappa shape index (κ3) is 3.32. The number of para-hydroxylation sites is 2. The van der Waals surface area contributed by atoms with Crippen LogP contribution < -0.4 is 9.80 Å². The molecule has 0 radical (unpaired) electrons. The second-order valence-corrected chi connectivity index (χ2v) is 8.07. The first-order chi connectivity index (χ1) is 15.6. The number of carbonyl (C=O) groups excluding carboxylic acids is 3. The van der Waals surface area contributed by atoms with Crippen molar-refractivity contribution in [3.63, 3.8) is 0 Å². The van der Waals surface area contributed by atoms with Crippen molar-refractivity contribution in [3.8, 4) is 0 Å². The maximum atomic E-state index is 13.3. The van der Waals surface area contributed by atoms with Crippen LogP contribution in [0.5, 0.6) is 0 Å². The molecule has 2 aliphatic rings. The Morgan fingerprint density at radius 3 is 2.66 bits per heavy atom. The highest BCUT2D eigenvalue weighted by Gasteiger charge is 2.45. The van der Waals surface area contributed by atoms with Gasteiger partial charge in [-0.15, -0.1) is 0 Å². The first kappa shape index (κ1) is 20.2. The zero-order valence-electron chi connectivity index (χ0n) is 17.9. The third-order valence-electron chi connectivity index (χ3n) is 6.05. The Labute approximate surface area is 185 Å². The molecule has 0 bridgehead atoms. The number of hydrogen-bond acceptors (Lipinski definition) is 6. The van der Waals surface area contributed by atoms with E-state index >= 15 is 0 Å². The summed E-state index contributed by atoms with van der Waals surface area (Å²) >= 11 is 0. The minimum Gasteiger partial charge on any atom is -0.462 e. The van der Waals surface area contributed by atoms with Gasteiger partial charge in [-0.25, -0.2) is 14.7 Å². The molecule has 32 heavy (non-hydrogen) atoms. The van der Waals surface area contributed by atoms with E-state index in [-0.39, 0.29) is 18.2 Å². The Morgan fingerprint density at radius 2 is 1.88 bits per heavy atom. The van der Waals surface area contributed by atoms with Crippen LogP contribution in [0.3, 0.4) is 0 Å². The van der Waals surface area contributed by atoms with Gasteiger partial charge >= 0.3 is 5.97 Å². The fourth-order valence-corrected chi connectivity index (χ4v) is 4.38. The van der Waals surface area contributed by atoms with E-state index in [2.05, 4.69) is 4.57 Å². The van der Waals surface area contributed by atoms with Gasteiger partial charge < -0.3 is 14.2 Å². The second kappa shape index (κ2) is 8.11. The van der Waals surface area contributed by atoms with E-state index in [9.17, 15) is 14.4 Å². The van der Waals surface area contributed by atoms with Crippen molar-refractivity contribution in [2.24, 2.45) is 0 Å². The van der Waals surface area contributed by atoms with Crippen molar-refractivity contribution in [3.05, 3.63) is 54.1 Å². The SMILES string of the molecule is CCCCOC(=O)c1ccc(N2C(=O)CC(N3CCn4c3nc3ccccc34)C2=O)cc1. The number of unbranched alkanes of at least 4 members (excludes halogenated alkanes) is 1. The number of anilines is 2. The van der Waals surface area contributed by atoms with Crippen molar-refractivity contribution in [1.29, 1.82) is 0 Å². The zero-order chi connectivity index (χ0) is 22.2. The number of nitrogens with zero attached hydrogens (tertiary/aromatic N) is 4. The number of esters is 1. The van der Waals surface area contributed by atoms with E-state index in [0.29, 0.717) is 24.4 Å². The van der Waals surface area contributed by atoms with Gasteiger partial charge in [0.1, 0.15) is 6.04 Å². The highest BCUT2D eigenvalue weighted by atomic mass is 16.5. The van der Waals surface area contributed by atoms with Gasteiger partial charge in [0.15, 0.2) is 0 Å². The van der Waals surface area contributed by atoms with Crippen molar-refractivity contribution < 1.29 is 19.1 Å². The van der Waals surface area contributed by atoms with Gasteiger partial charge in [0.2, 0.25) is 11.9 Å². The minimum atomic E-state index is -0.584. The van der Waals surface area contributed by atoms with Crippen LogP contribution in [-0.4, -0.2) is 46.5 Å². The quantitative estimate of drug-likeness (QED) is 0.338. The van der Waals surface area contributed by atoms with Crippen LogP contribution in [0, 0.1) is 0 Å². The van der Waals surface area contributed by atoms with Gasteiger partial charge in [-0.2, -0.15) is 0 Å². The molecule has 2 aliphatic heterocycles. The van der Waals surface area contributed by atoms with Crippen LogP contribution in [0.15, 0.2) is 48.5 Å². The number of amides is 2. The summed E-state index contributed by atoms with van der Waals surface area (Å²) in [7, 11) is 0. The molecule has 3 aromatic rings. The third-order valence-corrected chi connectivity index (χ3v) is 6.05. The number of carbonyl (C=O) groups is 3. The molecule has 1 atom stereocenters. The molecular formula is C24H24N4O4. The molecule has 0 saturated carbocycles. The van der Waals surface area contributed by atoms with Crippen LogP contribution in [0.25, 0.3) is 11.0 Å². The Bertz CT molecular complexity index is 1200. The molecule has 1 saturated heterocycles. The maximum Gasteiger partial charge on any atom is 0.338 e. The topological polar surface area (TPSA) is 84.7 Å². The molecule has 8 nitrogen and oxygen atoms in total. The van der Waals surface area contributed by atoms with Crippen molar-refractivity contribution in [2.45, 2.75) is 38.8 Å². The highest BCUT2D eigenvalue weighted by molar-refractivity contribution is 6.23. The monoisotopic (exact) mass is 432 g/mol. The van der Waals surface area contributed by atoms with Crippen molar-refractivity contribution >= 4 is 40.5 Å². The van der Waals surface area contributed by atoms with Crippen LogP contribution in [0.1, 0.15) is 36.5 Å². The van der Waals surface area contributed by atoms with Gasteiger partial charge in [-0.05, 0) is 42.8 Å². The Kier molecular flexibility index (Phi) is 5.13. The Hall–Kier alpha value is -3.68. The number of hydrogen-bond donors (Lipinski definition) is 0. The molecule has 3 heterocycles. The van der Waals surface area contributed by atoms with Crippen LogP contribution in [-0.2, 0) is 20.9 Å². The predicted octanol–water partition coefficient (Wildman–Crippen LogP) is 3.15. The van der Waals surface area contributed by atoms with E-state index in [0.717, 1.165) is 36.4 Å². The first-order valence-corrected chi connectivity index (χ1v) is 10.9. The molecule has 2 amide bonds. The Balaban J connectivity index is 1.35. The van der Waals surface area contributed by atoms with E-state index in [1.807, 2.05) is 36.1 Å². The average molecular weight is 432 g/mol. The molecule has 2 aromatic carbocycles. The summed E-state index contributed by atoms with van der Waals surface area (Å²) in [4.78, 5) is 46.0. The number of benzene rings is 2. The molecule has 0 spiro atoms. The van der Waals surface area contributed by atoms with Gasteiger partial charge in [-0.3, -0.25) is 9.59 Å². The van der Waals surface area contributed by atoms with Crippen LogP contribution in [0.4, 0.5) is 11.6 Å². The molecule has 5 rings (SSSR count). The van der Waals surface area contributed by atoms with E-state index < -0.39 is 12.0 Å². The summed E-state index contributed by atoms with van der Waals surface area (Å²) < 4.78 is 7.31. The standard InChI is InChI=1S/C24H24N4O4/c1-2-3-14-32-23(31)16-8-10-17(11-9-16)28-21(29)15-20(22(28)30)27-13-12-26-19-7-5-4-6-18(19)25-24(26)27/h4-11,20H,2-3,12-15H2,1H3. The average Bonchev–Trinajstić information content (AvgIpc) is 3.45. The molecule has 0 aliphatic carbocycles. The van der Waals surface area contributed by atoms with Crippen LogP contribution in [0.2, 0.25) is 0 Å². The zero-order valence-corrected chi connectivity index (χ0v) is 17.9. The number of ether oxygens (including phenoxy) is 1. The highest BCUT2D eigenvalue weighted by Crippen LogP contribution is 2.33. The summed E-state index contributed by atoms with van der Waals surface area (Å²) in [6.45, 7) is 3.76. The smallest absolute Gasteiger partial charge is 0.338 e. The fraction of sp³-hybridized carbons (Fsp3) is 0.333. The summed E-state index contributed by atoms with van der Waals surface area (Å²) in [6.07, 6.45) is 1.86. The lowest BCUT2D eigenvalue weighted by Gasteiger charge is -2.22. The summed E-state index contributed by atoms with van der Waals surface area (Å²) in [5, 5.41) is 0. The predicted molar refractivity (Wildman–Crippen MR) is 120 cm³/mol. The number of imidazole rings is 1. The lowest BCUT2D eigenvalue weighted by Crippen LogP contribution is -2.41. The molecule has 164 valence electrons. The van der Waals surface area contributed by atoms with Crippen molar-refractivity contribution in [1.82, 2.24) is 9.55 Å². The van der Waals surface area contributed by atoms with E-state index in [1.54, 1.807) is 24.3 Å².